The van der Waals surface area contributed by atoms with Gasteiger partial charge in [-0.15, -0.1) is 0 Å². The van der Waals surface area contributed by atoms with Gasteiger partial charge in [0.25, 0.3) is 0 Å². The number of nitrogens with one attached hydrogen (secondary N) is 2. The number of nitrogens with zero attached hydrogens (tertiary/aromatic N) is 2. The summed E-state index contributed by atoms with van der Waals surface area (Å²) in [5.74, 6) is 3.69. The fourth-order valence-electron chi connectivity index (χ4n) is 2.31. The van der Waals surface area contributed by atoms with Gasteiger partial charge in [0.05, 0.1) is 0 Å². The molecule has 23 heavy (non-hydrogen) atoms. The van der Waals surface area contributed by atoms with Crippen LogP contribution in [0.3, 0.4) is 0 Å². The van der Waals surface area contributed by atoms with Crippen LogP contribution >= 0.6 is 0 Å². The molecular weight excluding hydrogens is 284 g/mol. The van der Waals surface area contributed by atoms with Crippen LogP contribution < -0.4 is 10.6 Å². The van der Waals surface area contributed by atoms with Gasteiger partial charge in [-0.2, -0.15) is 0 Å². The van der Waals surface area contributed by atoms with Crippen molar-refractivity contribution in [1.82, 2.24) is 9.97 Å². The Morgan fingerprint density at radius 3 is 2.22 bits per heavy atom. The molecule has 2 aromatic rings. The van der Waals surface area contributed by atoms with Crippen LogP contribution in [0.4, 0.5) is 17.3 Å². The summed E-state index contributed by atoms with van der Waals surface area (Å²) in [5, 5.41) is 6.74. The molecular formula is C19H28N4. The lowest BCUT2D eigenvalue weighted by Crippen LogP contribution is -2.08. The Bertz CT molecular complexity index is 618. The lowest BCUT2D eigenvalue weighted by molar-refractivity contribution is 0.606. The first kappa shape index (κ1) is 17.3. The fraction of sp³-hybridized carbons (Fsp3) is 0.474. The molecule has 0 fully saturated rings. The smallest absolute Gasteiger partial charge is 0.136 e. The molecule has 0 atom stereocenters. The zero-order valence-corrected chi connectivity index (χ0v) is 14.9. The molecule has 0 radical (unpaired) electrons. The first-order valence-electron chi connectivity index (χ1n) is 8.40. The number of aryl methyl sites for hydroxylation is 1. The summed E-state index contributed by atoms with van der Waals surface area (Å²) >= 11 is 0. The summed E-state index contributed by atoms with van der Waals surface area (Å²) < 4.78 is 0. The van der Waals surface area contributed by atoms with Gasteiger partial charge < -0.3 is 10.6 Å². The minimum atomic E-state index is 0.544. The lowest BCUT2D eigenvalue weighted by atomic mass is 10.0. The van der Waals surface area contributed by atoms with E-state index in [4.69, 9.17) is 0 Å². The molecule has 4 nitrogen and oxygen atoms in total. The van der Waals surface area contributed by atoms with E-state index >= 15 is 0 Å². The summed E-state index contributed by atoms with van der Waals surface area (Å²) in [6.07, 6.45) is 1.13. The van der Waals surface area contributed by atoms with Crippen molar-refractivity contribution < 1.29 is 0 Å². The van der Waals surface area contributed by atoms with Crippen LogP contribution in [0.15, 0.2) is 30.3 Å². The van der Waals surface area contributed by atoms with Crippen molar-refractivity contribution in [2.75, 3.05) is 17.2 Å². The number of anilines is 3. The normalized spacial score (nSPS) is 11.1. The van der Waals surface area contributed by atoms with E-state index in [1.807, 2.05) is 13.0 Å². The van der Waals surface area contributed by atoms with Crippen LogP contribution in [0, 0.1) is 12.8 Å². The summed E-state index contributed by atoms with van der Waals surface area (Å²) in [7, 11) is 0. The minimum absolute atomic E-state index is 0.544. The lowest BCUT2D eigenvalue weighted by Gasteiger charge is -2.12. The molecule has 0 saturated carbocycles. The van der Waals surface area contributed by atoms with Gasteiger partial charge in [-0.25, -0.2) is 9.97 Å². The number of aromatic nitrogens is 2. The topological polar surface area (TPSA) is 49.8 Å². The van der Waals surface area contributed by atoms with Gasteiger partial charge in [0.1, 0.15) is 17.5 Å². The summed E-state index contributed by atoms with van der Waals surface area (Å²) in [6.45, 7) is 11.7. The van der Waals surface area contributed by atoms with E-state index in [2.05, 4.69) is 72.6 Å². The molecule has 1 aromatic heterocycles. The van der Waals surface area contributed by atoms with E-state index in [1.54, 1.807) is 0 Å². The minimum Gasteiger partial charge on any atom is -0.370 e. The largest absolute Gasteiger partial charge is 0.370 e. The van der Waals surface area contributed by atoms with Gasteiger partial charge >= 0.3 is 0 Å². The van der Waals surface area contributed by atoms with Crippen molar-refractivity contribution in [1.29, 1.82) is 0 Å². The monoisotopic (exact) mass is 312 g/mol. The standard InChI is InChI=1S/C19H28N4/c1-13(2)10-11-20-18-12-19(22-15(5)21-18)23-17-8-6-16(7-9-17)14(3)4/h6-9,12-14H,10-11H2,1-5H3,(H2,20,21,22,23). The predicted molar refractivity (Wildman–Crippen MR) is 98.5 cm³/mol. The molecule has 4 heteroatoms. The van der Waals surface area contributed by atoms with Crippen LogP contribution in [0.1, 0.15) is 51.4 Å². The Morgan fingerprint density at radius 2 is 1.61 bits per heavy atom. The molecule has 2 rings (SSSR count). The molecule has 0 unspecified atom stereocenters. The van der Waals surface area contributed by atoms with Gasteiger partial charge in [-0.1, -0.05) is 39.8 Å². The van der Waals surface area contributed by atoms with E-state index in [0.717, 1.165) is 36.1 Å². The second-order valence-corrected chi connectivity index (χ2v) is 6.70. The Labute approximate surface area is 139 Å². The van der Waals surface area contributed by atoms with Crippen molar-refractivity contribution in [2.45, 2.75) is 47.0 Å². The number of hydrogen-bond donors (Lipinski definition) is 2. The first-order chi connectivity index (χ1) is 10.9. The van der Waals surface area contributed by atoms with E-state index in [0.29, 0.717) is 11.8 Å². The van der Waals surface area contributed by atoms with E-state index in [9.17, 15) is 0 Å². The average molecular weight is 312 g/mol. The van der Waals surface area contributed by atoms with E-state index in [1.165, 1.54) is 5.56 Å². The van der Waals surface area contributed by atoms with Gasteiger partial charge in [-0.05, 0) is 42.9 Å². The molecule has 0 spiro atoms. The highest BCUT2D eigenvalue weighted by Gasteiger charge is 2.04. The zero-order chi connectivity index (χ0) is 16.8. The first-order valence-corrected chi connectivity index (χ1v) is 8.40. The number of hydrogen-bond acceptors (Lipinski definition) is 4. The van der Waals surface area contributed by atoms with Gasteiger partial charge in [0.15, 0.2) is 0 Å². The van der Waals surface area contributed by atoms with Crippen LogP contribution in [-0.4, -0.2) is 16.5 Å². The fourth-order valence-corrected chi connectivity index (χ4v) is 2.31. The van der Waals surface area contributed by atoms with Gasteiger partial charge in [0, 0.05) is 18.3 Å². The van der Waals surface area contributed by atoms with Crippen molar-refractivity contribution >= 4 is 17.3 Å². The van der Waals surface area contributed by atoms with Gasteiger partial charge in [0.2, 0.25) is 0 Å². The molecule has 124 valence electrons. The molecule has 0 amide bonds. The molecule has 0 saturated heterocycles. The maximum Gasteiger partial charge on any atom is 0.136 e. The third-order valence-corrected chi connectivity index (χ3v) is 3.72. The molecule has 0 aliphatic carbocycles. The quantitative estimate of drug-likeness (QED) is 0.746. The highest BCUT2D eigenvalue weighted by molar-refractivity contribution is 5.59. The second kappa shape index (κ2) is 7.95. The molecule has 1 aromatic carbocycles. The SMILES string of the molecule is Cc1nc(NCCC(C)C)cc(Nc2ccc(C(C)C)cc2)n1. The maximum absolute atomic E-state index is 4.47. The zero-order valence-electron chi connectivity index (χ0n) is 14.9. The van der Waals surface area contributed by atoms with Crippen LogP contribution in [-0.2, 0) is 0 Å². The highest BCUT2D eigenvalue weighted by Crippen LogP contribution is 2.21. The highest BCUT2D eigenvalue weighted by atomic mass is 15.1. The van der Waals surface area contributed by atoms with Crippen LogP contribution in [0.2, 0.25) is 0 Å². The average Bonchev–Trinajstić information content (AvgIpc) is 2.46. The number of rotatable bonds is 7. The Hall–Kier alpha value is -2.10. The van der Waals surface area contributed by atoms with Gasteiger partial charge in [-0.3, -0.25) is 0 Å². The molecule has 0 aliphatic rings. The van der Waals surface area contributed by atoms with Crippen molar-refractivity contribution in [3.8, 4) is 0 Å². The summed E-state index contributed by atoms with van der Waals surface area (Å²) in [4.78, 5) is 8.92. The van der Waals surface area contributed by atoms with Crippen LogP contribution in [0.5, 0.6) is 0 Å². The molecule has 1 heterocycles. The summed E-state index contributed by atoms with van der Waals surface area (Å²) in [5.41, 5.74) is 2.38. The van der Waals surface area contributed by atoms with Crippen molar-refractivity contribution in [3.63, 3.8) is 0 Å². The van der Waals surface area contributed by atoms with Crippen molar-refractivity contribution in [3.05, 3.63) is 41.7 Å². The third-order valence-electron chi connectivity index (χ3n) is 3.72. The molecule has 0 bridgehead atoms. The Balaban J connectivity index is 2.05. The number of benzene rings is 1. The Morgan fingerprint density at radius 1 is 0.957 bits per heavy atom. The Kier molecular flexibility index (Phi) is 5.97. The third kappa shape index (κ3) is 5.55. The predicted octanol–water partition coefficient (Wildman–Crippen LogP) is 5.11. The maximum atomic E-state index is 4.47. The second-order valence-electron chi connectivity index (χ2n) is 6.70. The summed E-state index contributed by atoms with van der Waals surface area (Å²) in [6, 6.07) is 10.5. The molecule has 2 N–H and O–H groups in total. The van der Waals surface area contributed by atoms with E-state index in [-0.39, 0.29) is 0 Å². The van der Waals surface area contributed by atoms with Crippen molar-refractivity contribution in [2.24, 2.45) is 5.92 Å². The van der Waals surface area contributed by atoms with E-state index < -0.39 is 0 Å². The molecule has 0 aliphatic heterocycles. The van der Waals surface area contributed by atoms with Crippen LogP contribution in [0.25, 0.3) is 0 Å².